The van der Waals surface area contributed by atoms with Crippen molar-refractivity contribution in [2.75, 3.05) is 49.7 Å². The van der Waals surface area contributed by atoms with E-state index in [1.165, 1.54) is 23.5 Å². The Morgan fingerprint density at radius 1 is 0.769 bits per heavy atom. The monoisotopic (exact) mass is 609 g/mol. The first-order valence-electron chi connectivity index (χ1n) is 11.9. The van der Waals surface area contributed by atoms with Crippen LogP contribution in [-0.4, -0.2) is 115 Å². The number of ether oxygens (including phenoxy) is 1. The number of amides is 4. The third-order valence-corrected chi connectivity index (χ3v) is 7.06. The highest BCUT2D eigenvalue weighted by atomic mass is 32.2. The standard InChI is InChI=1S/C23H39N5O8S3/c1-36-19(30)6-5-18(29)25-13-17(23(34)35)28-22(33)16(9-12-39-4)27-21(32)15(8-11-38-3)26-20(31)14(24)7-10-37-2/h5-6,14-17H,7-13,24H2,1-4H3,(H,25,29)(H,26,31)(H,27,32)(H,28,33)(H,34,35)/b6-5+/t14-,15-,16-,17-/m0/s1. The van der Waals surface area contributed by atoms with Crippen molar-refractivity contribution in [1.29, 1.82) is 0 Å². The van der Waals surface area contributed by atoms with Crippen molar-refractivity contribution in [3.8, 4) is 0 Å². The molecule has 0 rings (SSSR count). The van der Waals surface area contributed by atoms with Crippen molar-refractivity contribution < 1.29 is 38.6 Å². The van der Waals surface area contributed by atoms with E-state index in [1.807, 2.05) is 18.8 Å². The summed E-state index contributed by atoms with van der Waals surface area (Å²) in [4.78, 5) is 73.2. The lowest BCUT2D eigenvalue weighted by Gasteiger charge is -2.25. The van der Waals surface area contributed by atoms with Gasteiger partial charge >= 0.3 is 11.9 Å². The number of carboxylic acid groups (broad SMARTS) is 1. The minimum absolute atomic E-state index is 0.190. The normalized spacial score (nSPS) is 14.0. The van der Waals surface area contributed by atoms with Gasteiger partial charge in [-0.3, -0.25) is 19.2 Å². The van der Waals surface area contributed by atoms with Gasteiger partial charge in [0.05, 0.1) is 13.2 Å². The molecule has 0 heterocycles. The number of carbonyl (C=O) groups excluding carboxylic acids is 5. The largest absolute Gasteiger partial charge is 0.480 e. The van der Waals surface area contributed by atoms with Gasteiger partial charge < -0.3 is 36.8 Å². The molecule has 0 aromatic carbocycles. The lowest BCUT2D eigenvalue weighted by atomic mass is 10.1. The molecule has 0 bridgehead atoms. The lowest BCUT2D eigenvalue weighted by molar-refractivity contribution is -0.142. The number of hydrogen-bond acceptors (Lipinski definition) is 11. The minimum atomic E-state index is -1.51. The molecule has 0 saturated carbocycles. The Kier molecular flexibility index (Phi) is 20.1. The van der Waals surface area contributed by atoms with Gasteiger partial charge in [-0.1, -0.05) is 0 Å². The zero-order valence-electron chi connectivity index (χ0n) is 22.5. The maximum Gasteiger partial charge on any atom is 0.330 e. The van der Waals surface area contributed by atoms with Crippen LogP contribution in [0.1, 0.15) is 19.3 Å². The Morgan fingerprint density at radius 3 is 1.69 bits per heavy atom. The highest BCUT2D eigenvalue weighted by Crippen LogP contribution is 2.07. The first-order chi connectivity index (χ1) is 18.5. The Labute approximate surface area is 241 Å². The van der Waals surface area contributed by atoms with Gasteiger partial charge in [0.1, 0.15) is 18.1 Å². The van der Waals surface area contributed by atoms with Crippen LogP contribution in [0.3, 0.4) is 0 Å². The molecule has 39 heavy (non-hydrogen) atoms. The fourth-order valence-corrected chi connectivity index (χ4v) is 4.31. The number of esters is 1. The third-order valence-electron chi connectivity index (χ3n) is 5.12. The molecule has 16 heteroatoms. The second kappa shape index (κ2) is 21.4. The highest BCUT2D eigenvalue weighted by molar-refractivity contribution is 7.98. The summed E-state index contributed by atoms with van der Waals surface area (Å²) in [5.41, 5.74) is 5.93. The van der Waals surface area contributed by atoms with Crippen molar-refractivity contribution in [3.05, 3.63) is 12.2 Å². The molecule has 0 saturated heterocycles. The molecule has 4 atom stereocenters. The van der Waals surface area contributed by atoms with E-state index in [0.29, 0.717) is 30.1 Å². The summed E-state index contributed by atoms with van der Waals surface area (Å²) in [5, 5.41) is 19.4. The molecule has 0 aliphatic heterocycles. The number of aliphatic carboxylic acids is 1. The Bertz CT molecular complexity index is 862. The van der Waals surface area contributed by atoms with Crippen LogP contribution in [-0.2, 0) is 33.5 Å². The maximum atomic E-state index is 13.1. The van der Waals surface area contributed by atoms with Crippen LogP contribution >= 0.6 is 35.3 Å². The average Bonchev–Trinajstić information content (AvgIpc) is 2.91. The minimum Gasteiger partial charge on any atom is -0.480 e. The number of thioether (sulfide) groups is 3. The molecule has 7 N–H and O–H groups in total. The van der Waals surface area contributed by atoms with Crippen LogP contribution in [0.15, 0.2) is 12.2 Å². The van der Waals surface area contributed by atoms with E-state index in [2.05, 4.69) is 26.0 Å². The smallest absolute Gasteiger partial charge is 0.330 e. The molecule has 0 spiro atoms. The molecular formula is C23H39N5O8S3. The van der Waals surface area contributed by atoms with E-state index in [1.54, 1.807) is 11.8 Å². The van der Waals surface area contributed by atoms with Gasteiger partial charge in [0.15, 0.2) is 0 Å². The Balaban J connectivity index is 5.43. The first kappa shape index (κ1) is 36.6. The molecule has 0 aliphatic rings. The lowest BCUT2D eigenvalue weighted by Crippen LogP contribution is -2.58. The second-order valence-electron chi connectivity index (χ2n) is 8.07. The summed E-state index contributed by atoms with van der Waals surface area (Å²) >= 11 is 4.45. The van der Waals surface area contributed by atoms with Gasteiger partial charge in [-0.15, -0.1) is 0 Å². The molecule has 13 nitrogen and oxygen atoms in total. The van der Waals surface area contributed by atoms with Crippen molar-refractivity contribution in [3.63, 3.8) is 0 Å². The van der Waals surface area contributed by atoms with Crippen LogP contribution in [0.4, 0.5) is 0 Å². The summed E-state index contributed by atoms with van der Waals surface area (Å²) in [6.45, 7) is -0.477. The summed E-state index contributed by atoms with van der Waals surface area (Å²) in [6, 6.07) is -4.33. The van der Waals surface area contributed by atoms with Crippen molar-refractivity contribution in [2.24, 2.45) is 5.73 Å². The predicted octanol–water partition coefficient (Wildman–Crippen LogP) is -1.04. The number of nitrogens with one attached hydrogen (secondary N) is 4. The Hall–Kier alpha value is -2.43. The molecule has 0 fully saturated rings. The van der Waals surface area contributed by atoms with Crippen LogP contribution in [0.5, 0.6) is 0 Å². The Morgan fingerprint density at radius 2 is 1.23 bits per heavy atom. The topological polar surface area (TPSA) is 206 Å². The van der Waals surface area contributed by atoms with Crippen molar-refractivity contribution in [2.45, 2.75) is 43.4 Å². The van der Waals surface area contributed by atoms with Crippen LogP contribution < -0.4 is 27.0 Å². The average molecular weight is 610 g/mol. The SMILES string of the molecule is COC(=O)/C=C/C(=O)NC[C@H](NC(=O)[C@H](CCSC)NC(=O)[C@H](CCSC)NC(=O)[C@@H](N)CCSC)C(=O)O. The number of rotatable bonds is 20. The highest BCUT2D eigenvalue weighted by Gasteiger charge is 2.30. The van der Waals surface area contributed by atoms with Crippen molar-refractivity contribution in [1.82, 2.24) is 21.3 Å². The summed E-state index contributed by atoms with van der Waals surface area (Å²) in [6.07, 6.45) is 8.21. The zero-order chi connectivity index (χ0) is 29.8. The zero-order valence-corrected chi connectivity index (χ0v) is 25.0. The van der Waals surface area contributed by atoms with Gasteiger partial charge in [0.2, 0.25) is 23.6 Å². The van der Waals surface area contributed by atoms with Gasteiger partial charge in [0, 0.05) is 18.7 Å². The van der Waals surface area contributed by atoms with Gasteiger partial charge in [-0.25, -0.2) is 9.59 Å². The quantitative estimate of drug-likeness (QED) is 0.0723. The number of hydrogen-bond donors (Lipinski definition) is 6. The molecular weight excluding hydrogens is 570 g/mol. The number of carboxylic acids is 1. The van der Waals surface area contributed by atoms with E-state index < -0.39 is 66.3 Å². The summed E-state index contributed by atoms with van der Waals surface area (Å²) < 4.78 is 4.37. The van der Waals surface area contributed by atoms with E-state index in [0.717, 1.165) is 19.3 Å². The molecule has 0 aromatic rings. The van der Waals surface area contributed by atoms with Crippen LogP contribution in [0, 0.1) is 0 Å². The van der Waals surface area contributed by atoms with Gasteiger partial charge in [0.25, 0.3) is 0 Å². The van der Waals surface area contributed by atoms with Crippen molar-refractivity contribution >= 4 is 70.9 Å². The summed E-state index contributed by atoms with van der Waals surface area (Å²) in [5.74, 6) is -3.07. The predicted molar refractivity (Wildman–Crippen MR) is 155 cm³/mol. The summed E-state index contributed by atoms with van der Waals surface area (Å²) in [7, 11) is 1.13. The van der Waals surface area contributed by atoms with Crippen LogP contribution in [0.25, 0.3) is 0 Å². The molecule has 222 valence electrons. The van der Waals surface area contributed by atoms with E-state index in [-0.39, 0.29) is 6.42 Å². The van der Waals surface area contributed by atoms with E-state index >= 15 is 0 Å². The number of nitrogens with two attached hydrogens (primary N) is 1. The maximum absolute atomic E-state index is 13.1. The fourth-order valence-electron chi connectivity index (χ4n) is 2.88. The van der Waals surface area contributed by atoms with E-state index in [4.69, 9.17) is 5.73 Å². The first-order valence-corrected chi connectivity index (χ1v) is 16.1. The van der Waals surface area contributed by atoms with Crippen LogP contribution in [0.2, 0.25) is 0 Å². The molecule has 0 radical (unpaired) electrons. The second-order valence-corrected chi connectivity index (χ2v) is 11.0. The molecule has 0 aliphatic carbocycles. The molecule has 4 amide bonds. The fraction of sp³-hybridized carbons (Fsp3) is 0.652. The molecule has 0 unspecified atom stereocenters. The number of carbonyl (C=O) groups is 6. The van der Waals surface area contributed by atoms with Gasteiger partial charge in [-0.2, -0.15) is 35.3 Å². The third kappa shape index (κ3) is 16.3. The number of methoxy groups -OCH3 is 1. The van der Waals surface area contributed by atoms with E-state index in [9.17, 15) is 33.9 Å². The van der Waals surface area contributed by atoms with Gasteiger partial charge in [-0.05, 0) is 55.3 Å². The molecule has 0 aromatic heterocycles.